The molecule has 9 nitrogen and oxygen atoms in total. The smallest absolute Gasteiger partial charge is 0.320 e. The molecule has 1 fully saturated rings. The van der Waals surface area contributed by atoms with Crippen molar-refractivity contribution in [3.05, 3.63) is 0 Å². The molecule has 0 radical (unpaired) electrons. The average molecular weight is 420 g/mol. The van der Waals surface area contributed by atoms with Crippen molar-refractivity contribution in [1.82, 2.24) is 29.3 Å². The Labute approximate surface area is 179 Å². The van der Waals surface area contributed by atoms with Crippen molar-refractivity contribution >= 4 is 17.0 Å². The van der Waals surface area contributed by atoms with Crippen LogP contribution in [0.1, 0.15) is 47.0 Å². The number of nitrogens with zero attached hydrogens (tertiary/aromatic N) is 6. The van der Waals surface area contributed by atoms with Gasteiger partial charge in [0, 0.05) is 38.8 Å². The van der Waals surface area contributed by atoms with Gasteiger partial charge in [-0.15, -0.1) is 0 Å². The molecular formula is C21H37N7O2. The fourth-order valence-electron chi connectivity index (χ4n) is 3.76. The van der Waals surface area contributed by atoms with Gasteiger partial charge in [-0.3, -0.25) is 9.47 Å². The van der Waals surface area contributed by atoms with Crippen LogP contribution in [0.4, 0.5) is 5.82 Å². The Morgan fingerprint density at radius 1 is 1.00 bits per heavy atom. The highest BCUT2D eigenvalue weighted by molar-refractivity contribution is 5.83. The zero-order chi connectivity index (χ0) is 21.7. The third kappa shape index (κ3) is 5.31. The molecule has 1 aliphatic heterocycles. The van der Waals surface area contributed by atoms with E-state index in [0.29, 0.717) is 35.0 Å². The summed E-state index contributed by atoms with van der Waals surface area (Å²) in [6, 6.07) is 1.44. The summed E-state index contributed by atoms with van der Waals surface area (Å²) in [5.74, 6) is 0.318. The lowest BCUT2D eigenvalue weighted by Crippen LogP contribution is -2.48. The Hall–Kier alpha value is -2.13. The summed E-state index contributed by atoms with van der Waals surface area (Å²) in [6.45, 7) is 15.1. The Bertz CT molecular complexity index is 815. The molecule has 0 amide bonds. The summed E-state index contributed by atoms with van der Waals surface area (Å²) in [7, 11) is 1.62. The summed E-state index contributed by atoms with van der Waals surface area (Å²) in [5.41, 5.74) is 7.36. The monoisotopic (exact) mass is 419 g/mol. The van der Waals surface area contributed by atoms with E-state index in [1.807, 2.05) is 11.5 Å². The van der Waals surface area contributed by atoms with Crippen LogP contribution >= 0.6 is 0 Å². The van der Waals surface area contributed by atoms with Gasteiger partial charge in [0.1, 0.15) is 0 Å². The van der Waals surface area contributed by atoms with Gasteiger partial charge in [-0.25, -0.2) is 0 Å². The number of nitrogen functional groups attached to an aromatic ring is 1. The minimum Gasteiger partial charge on any atom is -0.468 e. The van der Waals surface area contributed by atoms with E-state index in [9.17, 15) is 0 Å². The van der Waals surface area contributed by atoms with E-state index in [1.165, 1.54) is 0 Å². The van der Waals surface area contributed by atoms with Gasteiger partial charge in [0.15, 0.2) is 17.0 Å². The Morgan fingerprint density at radius 2 is 1.70 bits per heavy atom. The molecule has 0 unspecified atom stereocenters. The number of fused-ring (bicyclic) bond motifs is 1. The SMILES string of the molecule is CC[C@H](C)Oc1nc(N)c2nc(OC)n(CCCCN3CCN(C(C)C)CC3)c2n1. The largest absolute Gasteiger partial charge is 0.468 e. The van der Waals surface area contributed by atoms with E-state index in [2.05, 4.69) is 45.5 Å². The fourth-order valence-corrected chi connectivity index (χ4v) is 3.76. The highest BCUT2D eigenvalue weighted by Gasteiger charge is 2.20. The lowest BCUT2D eigenvalue weighted by molar-refractivity contribution is 0.107. The number of hydrogen-bond donors (Lipinski definition) is 1. The molecule has 1 saturated heterocycles. The molecule has 0 spiro atoms. The van der Waals surface area contributed by atoms with Gasteiger partial charge in [-0.2, -0.15) is 15.0 Å². The van der Waals surface area contributed by atoms with Crippen LogP contribution in [0.3, 0.4) is 0 Å². The third-order valence-corrected chi connectivity index (χ3v) is 5.87. The topological polar surface area (TPSA) is 94.6 Å². The van der Waals surface area contributed by atoms with Crippen molar-refractivity contribution in [2.24, 2.45) is 0 Å². The van der Waals surface area contributed by atoms with E-state index in [1.54, 1.807) is 7.11 Å². The number of aryl methyl sites for hydroxylation is 1. The maximum Gasteiger partial charge on any atom is 0.320 e. The number of hydrogen-bond acceptors (Lipinski definition) is 8. The maximum atomic E-state index is 6.12. The summed E-state index contributed by atoms with van der Waals surface area (Å²) < 4.78 is 13.2. The van der Waals surface area contributed by atoms with E-state index in [0.717, 1.165) is 58.5 Å². The summed E-state index contributed by atoms with van der Waals surface area (Å²) in [6.07, 6.45) is 3.02. The summed E-state index contributed by atoms with van der Waals surface area (Å²) >= 11 is 0. The van der Waals surface area contributed by atoms with Crippen molar-refractivity contribution in [2.75, 3.05) is 45.6 Å². The molecular weight excluding hydrogens is 382 g/mol. The van der Waals surface area contributed by atoms with Gasteiger partial charge < -0.3 is 20.1 Å². The molecule has 2 aromatic rings. The first-order valence-electron chi connectivity index (χ1n) is 11.1. The van der Waals surface area contributed by atoms with Gasteiger partial charge in [0.2, 0.25) is 0 Å². The van der Waals surface area contributed by atoms with Crippen LogP contribution in [0.2, 0.25) is 0 Å². The predicted molar refractivity (Wildman–Crippen MR) is 119 cm³/mol. The Kier molecular flexibility index (Phi) is 7.71. The predicted octanol–water partition coefficient (Wildman–Crippen LogP) is 2.40. The van der Waals surface area contributed by atoms with Crippen LogP contribution in [0.15, 0.2) is 0 Å². The van der Waals surface area contributed by atoms with Crippen molar-refractivity contribution in [1.29, 1.82) is 0 Å². The third-order valence-electron chi connectivity index (χ3n) is 5.87. The molecule has 0 aromatic carbocycles. The second-order valence-electron chi connectivity index (χ2n) is 8.33. The van der Waals surface area contributed by atoms with Crippen LogP contribution in [0.5, 0.6) is 12.0 Å². The molecule has 1 atom stereocenters. The normalized spacial score (nSPS) is 17.0. The molecule has 2 aromatic heterocycles. The van der Waals surface area contributed by atoms with Crippen LogP contribution in [-0.2, 0) is 6.54 Å². The molecule has 9 heteroatoms. The molecule has 30 heavy (non-hydrogen) atoms. The van der Waals surface area contributed by atoms with E-state index < -0.39 is 0 Å². The first kappa shape index (κ1) is 22.6. The number of rotatable bonds is 10. The molecule has 0 bridgehead atoms. The van der Waals surface area contributed by atoms with Crippen LogP contribution in [0, 0.1) is 0 Å². The number of piperazine rings is 1. The molecule has 1 aliphatic rings. The molecule has 0 saturated carbocycles. The minimum atomic E-state index is 0.0243. The molecule has 2 N–H and O–H groups in total. The van der Waals surface area contributed by atoms with Gasteiger partial charge in [0.05, 0.1) is 13.2 Å². The van der Waals surface area contributed by atoms with Gasteiger partial charge in [-0.05, 0) is 46.6 Å². The zero-order valence-electron chi connectivity index (χ0n) is 19.1. The van der Waals surface area contributed by atoms with E-state index >= 15 is 0 Å². The lowest BCUT2D eigenvalue weighted by atomic mass is 10.2. The molecule has 3 rings (SSSR count). The standard InChI is InChI=1S/C21H37N7O2/c1-6-16(4)30-20-24-18(22)17-19(25-20)28(21(23-17)29-5)10-8-7-9-26-11-13-27(14-12-26)15(2)3/h15-16H,6-14H2,1-5H3,(H2,22,24,25)/t16-/m0/s1. The Morgan fingerprint density at radius 3 is 2.33 bits per heavy atom. The maximum absolute atomic E-state index is 6.12. The quantitative estimate of drug-likeness (QED) is 0.587. The van der Waals surface area contributed by atoms with Crippen LogP contribution in [-0.4, -0.2) is 81.3 Å². The molecule has 3 heterocycles. The Balaban J connectivity index is 1.62. The van der Waals surface area contributed by atoms with Crippen molar-refractivity contribution in [2.45, 2.75) is 65.6 Å². The molecule has 168 valence electrons. The number of unbranched alkanes of at least 4 members (excludes halogenated alkanes) is 1. The minimum absolute atomic E-state index is 0.0243. The first-order chi connectivity index (χ1) is 14.4. The summed E-state index contributed by atoms with van der Waals surface area (Å²) in [5, 5.41) is 0. The number of anilines is 1. The van der Waals surface area contributed by atoms with Crippen molar-refractivity contribution in [3.8, 4) is 12.0 Å². The van der Waals surface area contributed by atoms with Crippen molar-refractivity contribution in [3.63, 3.8) is 0 Å². The van der Waals surface area contributed by atoms with Gasteiger partial charge in [-0.1, -0.05) is 6.92 Å². The lowest BCUT2D eigenvalue weighted by Gasteiger charge is -2.36. The van der Waals surface area contributed by atoms with Gasteiger partial charge in [0.25, 0.3) is 6.01 Å². The fraction of sp³-hybridized carbons (Fsp3) is 0.762. The van der Waals surface area contributed by atoms with Gasteiger partial charge >= 0.3 is 6.01 Å². The molecule has 0 aliphatic carbocycles. The van der Waals surface area contributed by atoms with E-state index in [-0.39, 0.29) is 6.10 Å². The zero-order valence-corrected chi connectivity index (χ0v) is 19.1. The first-order valence-corrected chi connectivity index (χ1v) is 11.1. The second-order valence-corrected chi connectivity index (χ2v) is 8.33. The highest BCUT2D eigenvalue weighted by atomic mass is 16.5. The van der Waals surface area contributed by atoms with Crippen LogP contribution in [0.25, 0.3) is 11.2 Å². The average Bonchev–Trinajstić information content (AvgIpc) is 3.09. The number of methoxy groups -OCH3 is 1. The number of imidazole rings is 1. The van der Waals surface area contributed by atoms with Crippen LogP contribution < -0.4 is 15.2 Å². The number of nitrogens with two attached hydrogens (primary N) is 1. The van der Waals surface area contributed by atoms with Crippen molar-refractivity contribution < 1.29 is 9.47 Å². The summed E-state index contributed by atoms with van der Waals surface area (Å²) in [4.78, 5) is 18.4. The number of ether oxygens (including phenoxy) is 2. The van der Waals surface area contributed by atoms with E-state index in [4.69, 9.17) is 15.2 Å². The highest BCUT2D eigenvalue weighted by Crippen LogP contribution is 2.26. The second kappa shape index (κ2) is 10.3. The number of aromatic nitrogens is 4.